The van der Waals surface area contributed by atoms with Gasteiger partial charge in [-0.25, -0.2) is 0 Å². The molecule has 2 nitrogen and oxygen atoms in total. The Morgan fingerprint density at radius 2 is 1.84 bits per heavy atom. The van der Waals surface area contributed by atoms with Gasteiger partial charge < -0.3 is 4.90 Å². The molecule has 1 heterocycles. The quantitative estimate of drug-likeness (QED) is 0.536. The highest BCUT2D eigenvalue weighted by Gasteiger charge is 2.55. The van der Waals surface area contributed by atoms with Crippen molar-refractivity contribution in [2.45, 2.75) is 64.3 Å². The summed E-state index contributed by atoms with van der Waals surface area (Å²) >= 11 is 0. The standard InChI is InChI=1S/C29H38N2/c1-29-15-13-24-22-10-8-21(31(2)3)17-19(22)7-9-26(24)28(29)12-11-27(29)25-6-4-5-20-18-30-16-14-23(20)25/h4-6,11,14,16,18-19,21-22,24,26,28H,7-10,12-13,15,17H2,1-3H3/t19-,21-,22?,24+,26?,28-,29+/m0/s1. The Bertz CT molecular complexity index is 1000. The van der Waals surface area contributed by atoms with E-state index in [9.17, 15) is 0 Å². The van der Waals surface area contributed by atoms with Gasteiger partial charge in [-0.05, 0) is 123 Å². The van der Waals surface area contributed by atoms with Crippen LogP contribution in [0.2, 0.25) is 0 Å². The van der Waals surface area contributed by atoms with Crippen LogP contribution in [0.5, 0.6) is 0 Å². The predicted octanol–water partition coefficient (Wildman–Crippen LogP) is 6.81. The molecule has 4 aliphatic rings. The summed E-state index contributed by atoms with van der Waals surface area (Å²) < 4.78 is 0. The van der Waals surface area contributed by atoms with E-state index in [-0.39, 0.29) is 0 Å². The zero-order chi connectivity index (χ0) is 21.2. The summed E-state index contributed by atoms with van der Waals surface area (Å²) in [7, 11) is 4.58. The molecule has 0 N–H and O–H groups in total. The van der Waals surface area contributed by atoms with Crippen LogP contribution < -0.4 is 0 Å². The summed E-state index contributed by atoms with van der Waals surface area (Å²) in [6.45, 7) is 2.61. The molecule has 3 fully saturated rings. The molecular weight excluding hydrogens is 376 g/mol. The maximum absolute atomic E-state index is 4.37. The van der Waals surface area contributed by atoms with E-state index >= 15 is 0 Å². The van der Waals surface area contributed by atoms with Crippen LogP contribution >= 0.6 is 0 Å². The number of benzene rings is 1. The number of pyridine rings is 1. The second kappa shape index (κ2) is 7.44. The molecule has 1 aromatic carbocycles. The molecule has 6 rings (SSSR count). The van der Waals surface area contributed by atoms with Crippen LogP contribution in [-0.4, -0.2) is 30.0 Å². The molecule has 0 radical (unpaired) electrons. The van der Waals surface area contributed by atoms with Gasteiger partial charge in [0.2, 0.25) is 0 Å². The third-order valence-corrected chi connectivity index (χ3v) is 10.2. The zero-order valence-corrected chi connectivity index (χ0v) is 19.6. The Labute approximate surface area is 188 Å². The van der Waals surface area contributed by atoms with E-state index < -0.39 is 0 Å². The second-order valence-electron chi connectivity index (χ2n) is 11.6. The van der Waals surface area contributed by atoms with Crippen LogP contribution in [0.3, 0.4) is 0 Å². The molecule has 3 saturated carbocycles. The minimum Gasteiger partial charge on any atom is -0.306 e. The van der Waals surface area contributed by atoms with Gasteiger partial charge in [0, 0.05) is 23.8 Å². The van der Waals surface area contributed by atoms with Crippen molar-refractivity contribution in [3.8, 4) is 0 Å². The third kappa shape index (κ3) is 3.04. The lowest BCUT2D eigenvalue weighted by molar-refractivity contribution is -0.0481. The fourth-order valence-corrected chi connectivity index (χ4v) is 8.64. The summed E-state index contributed by atoms with van der Waals surface area (Å²) in [5.74, 6) is 4.79. The molecule has 0 amide bonds. The van der Waals surface area contributed by atoms with Crippen LogP contribution in [0.25, 0.3) is 16.3 Å². The molecule has 0 saturated heterocycles. The van der Waals surface area contributed by atoms with Gasteiger partial charge in [0.25, 0.3) is 0 Å². The molecule has 2 heteroatoms. The molecule has 2 unspecified atom stereocenters. The van der Waals surface area contributed by atoms with E-state index in [1.165, 1.54) is 67.7 Å². The highest BCUT2D eigenvalue weighted by atomic mass is 15.1. The van der Waals surface area contributed by atoms with Crippen molar-refractivity contribution in [1.82, 2.24) is 9.88 Å². The monoisotopic (exact) mass is 414 g/mol. The number of aromatic nitrogens is 1. The molecular formula is C29H38N2. The molecule has 31 heavy (non-hydrogen) atoms. The van der Waals surface area contributed by atoms with Crippen molar-refractivity contribution in [1.29, 1.82) is 0 Å². The fourth-order valence-electron chi connectivity index (χ4n) is 8.64. The first-order chi connectivity index (χ1) is 15.1. The Morgan fingerprint density at radius 1 is 0.968 bits per heavy atom. The molecule has 1 aromatic heterocycles. The third-order valence-electron chi connectivity index (χ3n) is 10.2. The predicted molar refractivity (Wildman–Crippen MR) is 130 cm³/mol. The van der Waals surface area contributed by atoms with Crippen LogP contribution in [0, 0.1) is 35.0 Å². The maximum atomic E-state index is 4.37. The number of fused-ring (bicyclic) bond motifs is 6. The van der Waals surface area contributed by atoms with Crippen LogP contribution in [0.4, 0.5) is 0 Å². The number of rotatable bonds is 2. The fraction of sp³-hybridized carbons (Fsp3) is 0.621. The van der Waals surface area contributed by atoms with E-state index in [0.717, 1.165) is 35.6 Å². The molecule has 0 spiro atoms. The minimum absolute atomic E-state index is 0.354. The molecule has 7 atom stereocenters. The largest absolute Gasteiger partial charge is 0.306 e. The van der Waals surface area contributed by atoms with Crippen molar-refractivity contribution >= 4 is 16.3 Å². The lowest BCUT2D eigenvalue weighted by Gasteiger charge is -2.56. The molecule has 0 bridgehead atoms. The van der Waals surface area contributed by atoms with E-state index in [1.807, 2.05) is 12.4 Å². The van der Waals surface area contributed by atoms with Crippen molar-refractivity contribution in [2.24, 2.45) is 35.0 Å². The van der Waals surface area contributed by atoms with Crippen molar-refractivity contribution < 1.29 is 0 Å². The van der Waals surface area contributed by atoms with Crippen molar-refractivity contribution in [3.63, 3.8) is 0 Å². The van der Waals surface area contributed by atoms with Gasteiger partial charge in [-0.15, -0.1) is 0 Å². The van der Waals surface area contributed by atoms with Crippen LogP contribution in [0.15, 0.2) is 42.7 Å². The van der Waals surface area contributed by atoms with Gasteiger partial charge in [0.1, 0.15) is 0 Å². The first-order valence-electron chi connectivity index (χ1n) is 12.8. The minimum atomic E-state index is 0.354. The summed E-state index contributed by atoms with van der Waals surface area (Å²) in [5, 5.41) is 2.67. The summed E-state index contributed by atoms with van der Waals surface area (Å²) in [6.07, 6.45) is 18.1. The van der Waals surface area contributed by atoms with E-state index in [1.54, 1.807) is 5.57 Å². The summed E-state index contributed by atoms with van der Waals surface area (Å²) in [6, 6.07) is 9.86. The zero-order valence-electron chi connectivity index (χ0n) is 19.6. The van der Waals surface area contributed by atoms with Gasteiger partial charge in [-0.2, -0.15) is 0 Å². The van der Waals surface area contributed by atoms with Crippen molar-refractivity contribution in [3.05, 3.63) is 48.3 Å². The Morgan fingerprint density at radius 3 is 2.71 bits per heavy atom. The van der Waals surface area contributed by atoms with Gasteiger partial charge >= 0.3 is 0 Å². The highest BCUT2D eigenvalue weighted by molar-refractivity contribution is 5.95. The van der Waals surface area contributed by atoms with E-state index in [2.05, 4.69) is 61.2 Å². The number of hydrogen-bond acceptors (Lipinski definition) is 2. The summed E-state index contributed by atoms with van der Waals surface area (Å²) in [4.78, 5) is 6.86. The van der Waals surface area contributed by atoms with Gasteiger partial charge in [0.15, 0.2) is 0 Å². The Hall–Kier alpha value is -1.67. The molecule has 164 valence electrons. The number of allylic oxidation sites excluding steroid dienone is 2. The molecule has 0 aliphatic heterocycles. The van der Waals surface area contributed by atoms with Gasteiger partial charge in [-0.1, -0.05) is 31.2 Å². The average Bonchev–Trinajstić information content (AvgIpc) is 3.15. The van der Waals surface area contributed by atoms with Gasteiger partial charge in [-0.3, -0.25) is 4.98 Å². The molecule has 2 aromatic rings. The lowest BCUT2D eigenvalue weighted by atomic mass is 9.49. The highest BCUT2D eigenvalue weighted by Crippen LogP contribution is 2.64. The van der Waals surface area contributed by atoms with Crippen LogP contribution in [0.1, 0.15) is 63.9 Å². The topological polar surface area (TPSA) is 16.1 Å². The second-order valence-corrected chi connectivity index (χ2v) is 11.6. The van der Waals surface area contributed by atoms with E-state index in [0.29, 0.717) is 5.41 Å². The maximum Gasteiger partial charge on any atom is 0.0346 e. The average molecular weight is 415 g/mol. The van der Waals surface area contributed by atoms with E-state index in [4.69, 9.17) is 0 Å². The number of nitrogens with zero attached hydrogens (tertiary/aromatic N) is 2. The first kappa shape index (κ1) is 20.0. The van der Waals surface area contributed by atoms with Crippen molar-refractivity contribution in [2.75, 3.05) is 14.1 Å². The first-order valence-corrected chi connectivity index (χ1v) is 12.8. The SMILES string of the molecule is CN(C)[C@H]1CCC2[C@@H](CCC3[C@@H]2CC[C@]2(C)C(c4cccc5cnccc45)=CC[C@@H]32)C1. The normalized spacial score (nSPS) is 39.7. The Kier molecular flexibility index (Phi) is 4.79. The summed E-state index contributed by atoms with van der Waals surface area (Å²) in [5.41, 5.74) is 3.47. The van der Waals surface area contributed by atoms with Gasteiger partial charge in [0.05, 0.1) is 0 Å². The lowest BCUT2D eigenvalue weighted by Crippen LogP contribution is -2.49. The Balaban J connectivity index is 1.28. The van der Waals surface area contributed by atoms with Crippen LogP contribution in [-0.2, 0) is 0 Å². The smallest absolute Gasteiger partial charge is 0.0346 e. The molecule has 4 aliphatic carbocycles. The number of hydrogen-bond donors (Lipinski definition) is 0.